The van der Waals surface area contributed by atoms with Crippen LogP contribution in [0.5, 0.6) is 5.88 Å². The van der Waals surface area contributed by atoms with E-state index in [1.165, 1.54) is 18.2 Å². The summed E-state index contributed by atoms with van der Waals surface area (Å²) in [6.45, 7) is 8.52. The number of likely N-dealkylation sites (tertiary alicyclic amines) is 1. The first kappa shape index (κ1) is 36.2. The summed E-state index contributed by atoms with van der Waals surface area (Å²) in [6.07, 6.45) is -3.98. The van der Waals surface area contributed by atoms with Crippen molar-refractivity contribution >= 4 is 50.0 Å². The Bertz CT molecular complexity index is 2250. The van der Waals surface area contributed by atoms with Gasteiger partial charge in [-0.1, -0.05) is 30.3 Å². The predicted octanol–water partition coefficient (Wildman–Crippen LogP) is 5.49. The molecule has 0 bridgehead atoms. The van der Waals surface area contributed by atoms with Gasteiger partial charge in [0.25, 0.3) is 11.8 Å². The number of para-hydroxylation sites is 1. The monoisotopic (exact) mass is 755 g/mol. The molecule has 3 heterocycles. The maximum absolute atomic E-state index is 14.0. The number of fused-ring (bicyclic) bond motifs is 3. The van der Waals surface area contributed by atoms with Gasteiger partial charge in [0.05, 0.1) is 17.4 Å². The van der Waals surface area contributed by atoms with Gasteiger partial charge in [-0.2, -0.15) is 18.2 Å². The summed E-state index contributed by atoms with van der Waals surface area (Å²) in [7, 11) is -3.92. The molecule has 17 heteroatoms. The average molecular weight is 756 g/mol. The maximum atomic E-state index is 14.0. The second-order valence-electron chi connectivity index (χ2n) is 14.5. The SMILES string of the molecule is C=C[C@@H]1C[C@]1(NC(=O)[C@@H]1C[C@@H](Oc2nc(-c3ccc(C(F)(F)F)cc3)nc3c2oc2ccccc23)CN1C(=O)OC(C)(C)C)C(=O)NS(=O)(=O)C1CC1. The standard InChI is InChI=1S/C36H36F3N5O8S/c1-5-20-17-35(20,32(46)43-53(48,49)23-14-15-23)42-30(45)25-16-22(18-44(25)33(47)52-34(2,3)4)50-31-28-27(24-8-6-7-9-26(24)51-28)40-29(41-31)19-10-12-21(13-11-19)36(37,38)39/h5-13,20,22-23,25H,1,14-18H2,2-4H3,(H,42,45)(H,43,46)/t20-,22-,25+,35-/m1/s1. The van der Waals surface area contributed by atoms with Crippen LogP contribution in [0.25, 0.3) is 33.5 Å². The molecule has 53 heavy (non-hydrogen) atoms. The molecule has 2 aliphatic carbocycles. The highest BCUT2D eigenvalue weighted by Gasteiger charge is 2.62. The van der Waals surface area contributed by atoms with Crippen LogP contribution in [0, 0.1) is 5.92 Å². The quantitative estimate of drug-likeness (QED) is 0.209. The number of alkyl halides is 3. The Hall–Kier alpha value is -5.19. The normalized spacial score (nSPS) is 23.1. The van der Waals surface area contributed by atoms with Gasteiger partial charge in [-0.25, -0.2) is 18.2 Å². The van der Waals surface area contributed by atoms with Crippen molar-refractivity contribution in [3.05, 3.63) is 66.7 Å². The first-order chi connectivity index (χ1) is 24.9. The lowest BCUT2D eigenvalue weighted by Crippen LogP contribution is -2.56. The molecule has 3 fully saturated rings. The molecule has 2 N–H and O–H groups in total. The molecule has 2 aromatic carbocycles. The molecule has 3 aliphatic rings. The summed E-state index contributed by atoms with van der Waals surface area (Å²) in [4.78, 5) is 51.2. The number of hydrogen-bond acceptors (Lipinski definition) is 10. The summed E-state index contributed by atoms with van der Waals surface area (Å²) >= 11 is 0. The Labute approximate surface area is 302 Å². The van der Waals surface area contributed by atoms with Gasteiger partial charge < -0.3 is 19.2 Å². The fourth-order valence-electron chi connectivity index (χ4n) is 6.41. The number of halogens is 3. The van der Waals surface area contributed by atoms with E-state index in [0.29, 0.717) is 29.3 Å². The van der Waals surface area contributed by atoms with Gasteiger partial charge in [0.2, 0.25) is 21.5 Å². The van der Waals surface area contributed by atoms with Crippen molar-refractivity contribution in [1.29, 1.82) is 0 Å². The molecule has 0 unspecified atom stereocenters. The van der Waals surface area contributed by atoms with Gasteiger partial charge in [-0.05, 0) is 64.3 Å². The Kier molecular flexibility index (Phi) is 8.70. The lowest BCUT2D eigenvalue weighted by molar-refractivity contribution is -0.137. The number of hydrogen-bond donors (Lipinski definition) is 2. The summed E-state index contributed by atoms with van der Waals surface area (Å²) < 4.78 is 85.3. The fourth-order valence-corrected chi connectivity index (χ4v) is 7.78. The molecule has 4 atom stereocenters. The highest BCUT2D eigenvalue weighted by atomic mass is 32.2. The third-order valence-electron chi connectivity index (χ3n) is 9.38. The second-order valence-corrected chi connectivity index (χ2v) is 16.5. The molecule has 4 aromatic rings. The number of carbonyl (C=O) groups excluding carboxylic acids is 3. The first-order valence-corrected chi connectivity index (χ1v) is 18.5. The summed E-state index contributed by atoms with van der Waals surface area (Å²) in [6, 6.07) is 10.1. The lowest BCUT2D eigenvalue weighted by Gasteiger charge is -2.29. The van der Waals surface area contributed by atoms with Crippen molar-refractivity contribution in [3.63, 3.8) is 0 Å². The van der Waals surface area contributed by atoms with Crippen molar-refractivity contribution in [3.8, 4) is 17.3 Å². The number of nitrogens with one attached hydrogen (secondary N) is 2. The zero-order valence-corrected chi connectivity index (χ0v) is 29.7. The van der Waals surface area contributed by atoms with Gasteiger partial charge in [0, 0.05) is 23.3 Å². The zero-order valence-electron chi connectivity index (χ0n) is 28.9. The number of nitrogens with zero attached hydrogens (tertiary/aromatic N) is 3. The van der Waals surface area contributed by atoms with E-state index in [2.05, 4.69) is 26.6 Å². The van der Waals surface area contributed by atoms with E-state index < -0.39 is 74.1 Å². The number of carbonyl (C=O) groups is 3. The van der Waals surface area contributed by atoms with Crippen LogP contribution in [0.2, 0.25) is 0 Å². The second kappa shape index (κ2) is 12.7. The summed E-state index contributed by atoms with van der Waals surface area (Å²) in [5.74, 6) is -2.22. The summed E-state index contributed by atoms with van der Waals surface area (Å²) in [5.41, 5.74) is -2.21. The van der Waals surface area contributed by atoms with Crippen LogP contribution in [0.15, 0.2) is 65.6 Å². The lowest BCUT2D eigenvalue weighted by atomic mass is 10.1. The highest BCUT2D eigenvalue weighted by Crippen LogP contribution is 2.46. The Morgan fingerprint density at radius 1 is 1.06 bits per heavy atom. The number of furan rings is 1. The van der Waals surface area contributed by atoms with Crippen LogP contribution in [0.1, 0.15) is 52.0 Å². The van der Waals surface area contributed by atoms with Crippen molar-refractivity contribution in [2.24, 2.45) is 5.92 Å². The minimum Gasteiger partial charge on any atom is -0.470 e. The smallest absolute Gasteiger partial charge is 0.416 e. The number of aromatic nitrogens is 2. The molecular weight excluding hydrogens is 719 g/mol. The molecular formula is C36H36F3N5O8S. The fraction of sp³-hybridized carbons (Fsp3) is 0.417. The third kappa shape index (κ3) is 7.13. The minimum atomic E-state index is -4.55. The van der Waals surface area contributed by atoms with Crippen molar-refractivity contribution in [1.82, 2.24) is 24.9 Å². The van der Waals surface area contributed by atoms with Crippen LogP contribution < -0.4 is 14.8 Å². The van der Waals surface area contributed by atoms with Gasteiger partial charge in [-0.3, -0.25) is 19.2 Å². The van der Waals surface area contributed by atoms with Crippen molar-refractivity contribution < 1.29 is 49.9 Å². The van der Waals surface area contributed by atoms with Crippen LogP contribution in [0.3, 0.4) is 0 Å². The summed E-state index contributed by atoms with van der Waals surface area (Å²) in [5, 5.41) is 2.62. The van der Waals surface area contributed by atoms with Crippen molar-refractivity contribution in [2.75, 3.05) is 6.54 Å². The molecule has 2 saturated carbocycles. The van der Waals surface area contributed by atoms with Gasteiger partial charge >= 0.3 is 12.3 Å². The zero-order chi connectivity index (χ0) is 38.1. The van der Waals surface area contributed by atoms with E-state index in [1.54, 1.807) is 45.0 Å². The minimum absolute atomic E-state index is 0.0439. The van der Waals surface area contributed by atoms with Crippen LogP contribution >= 0.6 is 0 Å². The van der Waals surface area contributed by atoms with Gasteiger partial charge in [0.1, 0.15) is 34.4 Å². The molecule has 0 radical (unpaired) electrons. The van der Waals surface area contributed by atoms with Crippen LogP contribution in [-0.2, 0) is 30.5 Å². The number of ether oxygens (including phenoxy) is 2. The molecule has 3 amide bonds. The van der Waals surface area contributed by atoms with Gasteiger partial charge in [-0.15, -0.1) is 6.58 Å². The van der Waals surface area contributed by atoms with E-state index in [9.17, 15) is 36.0 Å². The maximum Gasteiger partial charge on any atom is 0.416 e. The van der Waals surface area contributed by atoms with E-state index >= 15 is 0 Å². The molecule has 1 saturated heterocycles. The number of sulfonamides is 1. The Morgan fingerprint density at radius 2 is 1.75 bits per heavy atom. The van der Waals surface area contributed by atoms with Crippen LogP contribution in [0.4, 0.5) is 18.0 Å². The van der Waals surface area contributed by atoms with E-state index in [1.807, 2.05) is 0 Å². The first-order valence-electron chi connectivity index (χ1n) is 16.9. The predicted molar refractivity (Wildman–Crippen MR) is 185 cm³/mol. The van der Waals surface area contributed by atoms with E-state index in [-0.39, 0.29) is 42.2 Å². The molecule has 2 aromatic heterocycles. The number of amides is 3. The van der Waals surface area contributed by atoms with E-state index in [4.69, 9.17) is 13.9 Å². The number of rotatable bonds is 9. The average Bonchev–Trinajstić information content (AvgIpc) is 3.99. The molecule has 7 rings (SSSR count). The van der Waals surface area contributed by atoms with Crippen LogP contribution in [-0.4, -0.2) is 76.3 Å². The molecule has 13 nitrogen and oxygen atoms in total. The molecule has 1 aliphatic heterocycles. The third-order valence-corrected chi connectivity index (χ3v) is 11.2. The van der Waals surface area contributed by atoms with Crippen molar-refractivity contribution in [2.45, 2.75) is 81.2 Å². The Balaban J connectivity index is 1.20. The number of benzene rings is 2. The van der Waals surface area contributed by atoms with Gasteiger partial charge in [0.15, 0.2) is 5.82 Å². The molecule has 0 spiro atoms. The largest absolute Gasteiger partial charge is 0.470 e. The Morgan fingerprint density at radius 3 is 2.38 bits per heavy atom. The van der Waals surface area contributed by atoms with E-state index in [0.717, 1.165) is 17.0 Å². The topological polar surface area (TPSA) is 170 Å². The highest BCUT2D eigenvalue weighted by molar-refractivity contribution is 7.91. The molecule has 280 valence electrons.